The number of nitrogens with zero attached hydrogens (tertiary/aromatic N) is 1. The number of carbonyl (C=O) groups excluding carboxylic acids is 1. The number of halogens is 1. The van der Waals surface area contributed by atoms with Crippen LogP contribution in [0, 0.1) is 0 Å². The van der Waals surface area contributed by atoms with Gasteiger partial charge in [-0.05, 0) is 22.0 Å². The number of carbonyl (C=O) groups is 1. The summed E-state index contributed by atoms with van der Waals surface area (Å²) in [6.45, 7) is -0.187. The molecule has 0 spiro atoms. The second-order valence-electron chi connectivity index (χ2n) is 2.86. The number of rotatable bonds is 5. The first-order chi connectivity index (χ1) is 7.42. The molecule has 0 aliphatic carbocycles. The number of hydrogen-bond donors (Lipinski definition) is 1. The maximum atomic E-state index is 11.1. The van der Waals surface area contributed by atoms with Crippen LogP contribution in [-0.4, -0.2) is 32.6 Å². The van der Waals surface area contributed by atoms with Gasteiger partial charge in [0.1, 0.15) is 12.3 Å². The van der Waals surface area contributed by atoms with Gasteiger partial charge in [-0.2, -0.15) is 0 Å². The van der Waals surface area contributed by atoms with E-state index in [-0.39, 0.29) is 18.2 Å². The molecule has 16 heavy (non-hydrogen) atoms. The molecule has 6 nitrogen and oxygen atoms in total. The van der Waals surface area contributed by atoms with Crippen molar-refractivity contribution >= 4 is 37.9 Å². The molecule has 0 aromatic carbocycles. The van der Waals surface area contributed by atoms with Gasteiger partial charge in [0, 0.05) is 10.7 Å². The van der Waals surface area contributed by atoms with Crippen LogP contribution >= 0.6 is 15.9 Å². The molecule has 0 atom stereocenters. The van der Waals surface area contributed by atoms with E-state index < -0.39 is 10.0 Å². The highest BCUT2D eigenvalue weighted by atomic mass is 79.9. The summed E-state index contributed by atoms with van der Waals surface area (Å²) < 4.78 is 29.9. The monoisotopic (exact) mass is 308 g/mol. The minimum absolute atomic E-state index is 0.0562. The number of ether oxygens (including phenoxy) is 1. The molecule has 1 aromatic rings. The third-order valence-electron chi connectivity index (χ3n) is 1.40. The minimum atomic E-state index is -3.42. The summed E-state index contributed by atoms with van der Waals surface area (Å²) >= 11 is 3.15. The summed E-state index contributed by atoms with van der Waals surface area (Å²) in [7, 11) is -3.42. The Hall–Kier alpha value is -1.15. The molecule has 0 fully saturated rings. The van der Waals surface area contributed by atoms with E-state index in [0.29, 0.717) is 10.8 Å². The van der Waals surface area contributed by atoms with Crippen molar-refractivity contribution in [2.75, 3.05) is 17.6 Å². The van der Waals surface area contributed by atoms with E-state index in [1.807, 2.05) is 0 Å². The van der Waals surface area contributed by atoms with Gasteiger partial charge in [-0.3, -0.25) is 9.52 Å². The Bertz CT molecular complexity index is 489. The maximum Gasteiger partial charge on any atom is 0.238 e. The zero-order valence-electron chi connectivity index (χ0n) is 8.31. The second kappa shape index (κ2) is 5.26. The fourth-order valence-electron chi connectivity index (χ4n) is 0.928. The van der Waals surface area contributed by atoms with Crippen molar-refractivity contribution in [3.63, 3.8) is 0 Å². The Morgan fingerprint density at radius 2 is 2.31 bits per heavy atom. The number of nitrogens with one attached hydrogen (secondary N) is 1. The van der Waals surface area contributed by atoms with Gasteiger partial charge < -0.3 is 4.74 Å². The Morgan fingerprint density at radius 1 is 1.62 bits per heavy atom. The minimum Gasteiger partial charge on any atom is -0.468 e. The van der Waals surface area contributed by atoms with Crippen LogP contribution in [0.4, 0.5) is 5.69 Å². The summed E-state index contributed by atoms with van der Waals surface area (Å²) in [5.41, 5.74) is 0.179. The SMILES string of the molecule is CS(=O)(=O)Nc1cc(Br)cnc1OCC=O. The van der Waals surface area contributed by atoms with Crippen LogP contribution in [0.25, 0.3) is 0 Å². The van der Waals surface area contributed by atoms with Crippen LogP contribution in [0.1, 0.15) is 0 Å². The fraction of sp³-hybridized carbons (Fsp3) is 0.250. The van der Waals surface area contributed by atoms with Gasteiger partial charge in [-0.1, -0.05) is 0 Å². The summed E-state index contributed by atoms with van der Waals surface area (Å²) in [6.07, 6.45) is 3.00. The smallest absolute Gasteiger partial charge is 0.238 e. The molecular weight excluding hydrogens is 300 g/mol. The van der Waals surface area contributed by atoms with Crippen LogP contribution in [0.2, 0.25) is 0 Å². The topological polar surface area (TPSA) is 85.4 Å². The zero-order chi connectivity index (χ0) is 12.2. The van der Waals surface area contributed by atoms with Crippen molar-refractivity contribution in [2.24, 2.45) is 0 Å². The van der Waals surface area contributed by atoms with E-state index in [2.05, 4.69) is 25.6 Å². The predicted molar refractivity (Wildman–Crippen MR) is 62.0 cm³/mol. The van der Waals surface area contributed by atoms with Gasteiger partial charge in [-0.15, -0.1) is 0 Å². The van der Waals surface area contributed by atoms with Crippen LogP contribution in [-0.2, 0) is 14.8 Å². The molecule has 1 rings (SSSR count). The van der Waals surface area contributed by atoms with Gasteiger partial charge >= 0.3 is 0 Å². The average Bonchev–Trinajstić information content (AvgIpc) is 2.14. The number of anilines is 1. The largest absolute Gasteiger partial charge is 0.468 e. The molecule has 0 saturated carbocycles. The second-order valence-corrected chi connectivity index (χ2v) is 5.52. The average molecular weight is 309 g/mol. The molecule has 0 bridgehead atoms. The van der Waals surface area contributed by atoms with Crippen molar-refractivity contribution in [2.45, 2.75) is 0 Å². The van der Waals surface area contributed by atoms with Crippen molar-refractivity contribution in [3.8, 4) is 5.88 Å². The van der Waals surface area contributed by atoms with Crippen molar-refractivity contribution in [3.05, 3.63) is 16.7 Å². The quantitative estimate of drug-likeness (QED) is 0.813. The molecule has 1 N–H and O–H groups in total. The number of hydrogen-bond acceptors (Lipinski definition) is 5. The Morgan fingerprint density at radius 3 is 2.88 bits per heavy atom. The van der Waals surface area contributed by atoms with Gasteiger partial charge in [-0.25, -0.2) is 13.4 Å². The molecule has 0 aliphatic rings. The summed E-state index contributed by atoms with van der Waals surface area (Å²) in [5.74, 6) is 0.0562. The lowest BCUT2D eigenvalue weighted by atomic mass is 10.4. The van der Waals surface area contributed by atoms with Crippen LogP contribution in [0.5, 0.6) is 5.88 Å². The van der Waals surface area contributed by atoms with Crippen molar-refractivity contribution < 1.29 is 17.9 Å². The van der Waals surface area contributed by atoms with Crippen LogP contribution < -0.4 is 9.46 Å². The molecule has 0 aliphatic heterocycles. The Labute approximate surface area is 101 Å². The van der Waals surface area contributed by atoms with Crippen molar-refractivity contribution in [1.82, 2.24) is 4.98 Å². The molecular formula is C8H9BrN2O4S. The molecule has 88 valence electrons. The number of sulfonamides is 1. The van der Waals surface area contributed by atoms with Crippen LogP contribution in [0.3, 0.4) is 0 Å². The highest BCUT2D eigenvalue weighted by Crippen LogP contribution is 2.25. The maximum absolute atomic E-state index is 11.1. The van der Waals surface area contributed by atoms with E-state index in [4.69, 9.17) is 4.74 Å². The molecule has 0 unspecified atom stereocenters. The lowest BCUT2D eigenvalue weighted by Gasteiger charge is -2.09. The highest BCUT2D eigenvalue weighted by Gasteiger charge is 2.10. The Kier molecular flexibility index (Phi) is 4.25. The van der Waals surface area contributed by atoms with E-state index >= 15 is 0 Å². The van der Waals surface area contributed by atoms with Gasteiger partial charge in [0.2, 0.25) is 15.9 Å². The first-order valence-electron chi connectivity index (χ1n) is 4.12. The van der Waals surface area contributed by atoms with Gasteiger partial charge in [0.15, 0.2) is 6.29 Å². The fourth-order valence-corrected chi connectivity index (χ4v) is 1.80. The molecule has 1 aromatic heterocycles. The van der Waals surface area contributed by atoms with E-state index in [9.17, 15) is 13.2 Å². The molecule has 8 heteroatoms. The van der Waals surface area contributed by atoms with Gasteiger partial charge in [0.05, 0.1) is 6.26 Å². The van der Waals surface area contributed by atoms with Crippen LogP contribution in [0.15, 0.2) is 16.7 Å². The third kappa shape index (κ3) is 4.15. The summed E-state index contributed by atoms with van der Waals surface area (Å²) in [6, 6.07) is 1.49. The van der Waals surface area contributed by atoms with E-state index in [1.165, 1.54) is 12.3 Å². The third-order valence-corrected chi connectivity index (χ3v) is 2.43. The molecule has 0 saturated heterocycles. The van der Waals surface area contributed by atoms with Gasteiger partial charge in [0.25, 0.3) is 0 Å². The highest BCUT2D eigenvalue weighted by molar-refractivity contribution is 9.10. The lowest BCUT2D eigenvalue weighted by Crippen LogP contribution is -2.12. The standard InChI is InChI=1S/C8H9BrN2O4S/c1-16(13,14)11-7-4-6(9)5-10-8(7)15-3-2-12/h2,4-5,11H,3H2,1H3. The Balaban J connectivity index is 3.02. The molecule has 0 amide bonds. The summed E-state index contributed by atoms with van der Waals surface area (Å²) in [5, 5.41) is 0. The van der Waals surface area contributed by atoms with E-state index in [0.717, 1.165) is 6.26 Å². The van der Waals surface area contributed by atoms with Crippen molar-refractivity contribution in [1.29, 1.82) is 0 Å². The zero-order valence-corrected chi connectivity index (χ0v) is 10.7. The normalized spacial score (nSPS) is 10.9. The first kappa shape index (κ1) is 12.9. The lowest BCUT2D eigenvalue weighted by molar-refractivity contribution is -0.109. The first-order valence-corrected chi connectivity index (χ1v) is 6.80. The molecule has 1 heterocycles. The number of aldehydes is 1. The number of aromatic nitrogens is 1. The molecule has 0 radical (unpaired) electrons. The number of pyridine rings is 1. The summed E-state index contributed by atoms with van der Waals surface area (Å²) in [4.78, 5) is 14.0. The van der Waals surface area contributed by atoms with E-state index in [1.54, 1.807) is 0 Å². The predicted octanol–water partition coefficient (Wildman–Crippen LogP) is 0.793.